The third-order valence-electron chi connectivity index (χ3n) is 2.85. The van der Waals surface area contributed by atoms with Gasteiger partial charge in [-0.2, -0.15) is 5.10 Å². The number of aromatic carboxylic acids is 1. The summed E-state index contributed by atoms with van der Waals surface area (Å²) >= 11 is 1.43. The van der Waals surface area contributed by atoms with Crippen LogP contribution in [0.15, 0.2) is 41.8 Å². The van der Waals surface area contributed by atoms with Crippen LogP contribution in [0.4, 0.5) is 0 Å². The van der Waals surface area contributed by atoms with Gasteiger partial charge in [0, 0.05) is 16.6 Å². The van der Waals surface area contributed by atoms with E-state index < -0.39 is 5.97 Å². The molecule has 100 valence electrons. The molecule has 1 aromatic carbocycles. The van der Waals surface area contributed by atoms with Crippen molar-refractivity contribution in [2.45, 2.75) is 6.92 Å². The summed E-state index contributed by atoms with van der Waals surface area (Å²) in [6.45, 7) is 1.81. The molecule has 1 N–H and O–H groups in total. The molecule has 0 radical (unpaired) electrons. The maximum atomic E-state index is 10.9. The molecular weight excluding hydrogens is 274 g/mol. The molecule has 0 amide bonds. The third-order valence-corrected chi connectivity index (χ3v) is 3.67. The number of hydrogen-bond donors (Lipinski definition) is 1. The average molecular weight is 285 g/mol. The van der Waals surface area contributed by atoms with Gasteiger partial charge < -0.3 is 5.11 Å². The lowest BCUT2D eigenvalue weighted by Gasteiger charge is -1.98. The lowest BCUT2D eigenvalue weighted by molar-refractivity contribution is 0.0690. The Morgan fingerprint density at radius 3 is 2.70 bits per heavy atom. The SMILES string of the molecule is Cc1cc(C(=O)O)nn1-c1nc(-c2ccccc2)cs1. The Labute approximate surface area is 119 Å². The predicted octanol–water partition coefficient (Wildman–Crippen LogP) is 3.00. The predicted molar refractivity (Wildman–Crippen MR) is 76.4 cm³/mol. The molecule has 0 saturated heterocycles. The molecule has 3 aromatic rings. The molecular formula is C14H11N3O2S. The van der Waals surface area contributed by atoms with Crippen LogP contribution in [-0.2, 0) is 0 Å². The maximum Gasteiger partial charge on any atom is 0.356 e. The first kappa shape index (κ1) is 12.6. The van der Waals surface area contributed by atoms with Crippen LogP contribution in [0.3, 0.4) is 0 Å². The molecule has 3 rings (SSSR count). The van der Waals surface area contributed by atoms with Crippen molar-refractivity contribution in [2.24, 2.45) is 0 Å². The smallest absolute Gasteiger partial charge is 0.356 e. The highest BCUT2D eigenvalue weighted by molar-refractivity contribution is 7.12. The van der Waals surface area contributed by atoms with Crippen LogP contribution in [0.2, 0.25) is 0 Å². The van der Waals surface area contributed by atoms with Crippen LogP contribution in [0, 0.1) is 6.92 Å². The van der Waals surface area contributed by atoms with Gasteiger partial charge in [-0.3, -0.25) is 0 Å². The Morgan fingerprint density at radius 1 is 1.30 bits per heavy atom. The molecule has 5 nitrogen and oxygen atoms in total. The zero-order chi connectivity index (χ0) is 14.1. The van der Waals surface area contributed by atoms with Crippen molar-refractivity contribution >= 4 is 17.3 Å². The van der Waals surface area contributed by atoms with E-state index >= 15 is 0 Å². The number of carboxylic acids is 1. The highest BCUT2D eigenvalue weighted by Crippen LogP contribution is 2.24. The summed E-state index contributed by atoms with van der Waals surface area (Å²) in [4.78, 5) is 15.4. The molecule has 6 heteroatoms. The molecule has 0 aliphatic rings. The van der Waals surface area contributed by atoms with E-state index in [0.29, 0.717) is 5.13 Å². The van der Waals surface area contributed by atoms with Gasteiger partial charge in [0.25, 0.3) is 0 Å². The van der Waals surface area contributed by atoms with Gasteiger partial charge in [-0.05, 0) is 13.0 Å². The third kappa shape index (κ3) is 2.21. The average Bonchev–Trinajstić information content (AvgIpc) is 3.06. The topological polar surface area (TPSA) is 68.0 Å². The summed E-state index contributed by atoms with van der Waals surface area (Å²) in [5.41, 5.74) is 2.66. The number of thiazole rings is 1. The van der Waals surface area contributed by atoms with Gasteiger partial charge in [0.05, 0.1) is 5.69 Å². The molecule has 0 aliphatic heterocycles. The summed E-state index contributed by atoms with van der Waals surface area (Å²) < 4.78 is 1.56. The molecule has 0 spiro atoms. The second kappa shape index (κ2) is 4.90. The first-order valence-electron chi connectivity index (χ1n) is 5.96. The number of aromatic nitrogens is 3. The lowest BCUT2D eigenvalue weighted by atomic mass is 10.2. The fraction of sp³-hybridized carbons (Fsp3) is 0.0714. The fourth-order valence-electron chi connectivity index (χ4n) is 1.88. The Kier molecular flexibility index (Phi) is 3.08. The van der Waals surface area contributed by atoms with Crippen LogP contribution in [0.25, 0.3) is 16.4 Å². The van der Waals surface area contributed by atoms with E-state index in [1.165, 1.54) is 17.4 Å². The lowest BCUT2D eigenvalue weighted by Crippen LogP contribution is -2.01. The van der Waals surface area contributed by atoms with Crippen LogP contribution in [-0.4, -0.2) is 25.8 Å². The van der Waals surface area contributed by atoms with E-state index in [0.717, 1.165) is 17.0 Å². The molecule has 0 unspecified atom stereocenters. The Morgan fingerprint density at radius 2 is 2.05 bits per heavy atom. The minimum Gasteiger partial charge on any atom is -0.476 e. The zero-order valence-corrected chi connectivity index (χ0v) is 11.5. The molecule has 2 aromatic heterocycles. The van der Waals surface area contributed by atoms with E-state index in [2.05, 4.69) is 10.1 Å². The van der Waals surface area contributed by atoms with E-state index in [9.17, 15) is 4.79 Å². The quantitative estimate of drug-likeness (QED) is 0.803. The summed E-state index contributed by atoms with van der Waals surface area (Å²) in [5.74, 6) is -1.04. The summed E-state index contributed by atoms with van der Waals surface area (Å²) in [6.07, 6.45) is 0. The molecule has 0 fully saturated rings. The summed E-state index contributed by atoms with van der Waals surface area (Å²) in [5, 5.41) is 15.6. The second-order valence-electron chi connectivity index (χ2n) is 4.27. The maximum absolute atomic E-state index is 10.9. The van der Waals surface area contributed by atoms with E-state index in [-0.39, 0.29) is 5.69 Å². The van der Waals surface area contributed by atoms with Gasteiger partial charge in [-0.25, -0.2) is 14.5 Å². The first-order valence-corrected chi connectivity index (χ1v) is 6.84. The minimum atomic E-state index is -1.04. The van der Waals surface area contributed by atoms with Crippen molar-refractivity contribution in [1.29, 1.82) is 0 Å². The van der Waals surface area contributed by atoms with Crippen molar-refractivity contribution in [3.05, 3.63) is 53.2 Å². The van der Waals surface area contributed by atoms with E-state index in [4.69, 9.17) is 5.11 Å². The standard InChI is InChI=1S/C14H11N3O2S/c1-9-7-11(13(18)19)16-17(9)14-15-12(8-20-14)10-5-3-2-4-6-10/h2-8H,1H3,(H,18,19). The Bertz CT molecular complexity index is 762. The number of carbonyl (C=O) groups is 1. The number of nitrogens with zero attached hydrogens (tertiary/aromatic N) is 3. The van der Waals surface area contributed by atoms with Crippen molar-refractivity contribution in [3.8, 4) is 16.4 Å². The van der Waals surface area contributed by atoms with Crippen LogP contribution < -0.4 is 0 Å². The van der Waals surface area contributed by atoms with Crippen LogP contribution in [0.5, 0.6) is 0 Å². The number of hydrogen-bond acceptors (Lipinski definition) is 4. The van der Waals surface area contributed by atoms with Gasteiger partial charge in [0.1, 0.15) is 0 Å². The van der Waals surface area contributed by atoms with Crippen molar-refractivity contribution in [2.75, 3.05) is 0 Å². The highest BCUT2D eigenvalue weighted by atomic mass is 32.1. The normalized spacial score (nSPS) is 10.7. The minimum absolute atomic E-state index is 0.0268. The van der Waals surface area contributed by atoms with E-state index in [1.54, 1.807) is 4.68 Å². The van der Waals surface area contributed by atoms with E-state index in [1.807, 2.05) is 42.6 Å². The molecule has 0 bridgehead atoms. The summed E-state index contributed by atoms with van der Waals surface area (Å²) in [6, 6.07) is 11.4. The number of carboxylic acid groups (broad SMARTS) is 1. The van der Waals surface area contributed by atoms with Crippen LogP contribution in [0.1, 0.15) is 16.2 Å². The van der Waals surface area contributed by atoms with Gasteiger partial charge in [0.15, 0.2) is 5.69 Å². The Hall–Kier alpha value is -2.47. The number of benzene rings is 1. The molecule has 0 atom stereocenters. The monoisotopic (exact) mass is 285 g/mol. The van der Waals surface area contributed by atoms with Gasteiger partial charge >= 0.3 is 5.97 Å². The van der Waals surface area contributed by atoms with Crippen molar-refractivity contribution in [1.82, 2.24) is 14.8 Å². The summed E-state index contributed by atoms with van der Waals surface area (Å²) in [7, 11) is 0. The number of aryl methyl sites for hydroxylation is 1. The molecule has 0 saturated carbocycles. The highest BCUT2D eigenvalue weighted by Gasteiger charge is 2.14. The largest absolute Gasteiger partial charge is 0.476 e. The van der Waals surface area contributed by atoms with Crippen LogP contribution >= 0.6 is 11.3 Å². The first-order chi connectivity index (χ1) is 9.65. The second-order valence-corrected chi connectivity index (χ2v) is 5.11. The van der Waals surface area contributed by atoms with Crippen molar-refractivity contribution in [3.63, 3.8) is 0 Å². The number of rotatable bonds is 3. The molecule has 0 aliphatic carbocycles. The zero-order valence-electron chi connectivity index (χ0n) is 10.6. The molecule has 2 heterocycles. The van der Waals surface area contributed by atoms with Gasteiger partial charge in [0.2, 0.25) is 5.13 Å². The molecule has 20 heavy (non-hydrogen) atoms. The fourth-order valence-corrected chi connectivity index (χ4v) is 2.72. The van der Waals surface area contributed by atoms with Gasteiger partial charge in [-0.15, -0.1) is 11.3 Å². The van der Waals surface area contributed by atoms with Crippen molar-refractivity contribution < 1.29 is 9.90 Å². The van der Waals surface area contributed by atoms with Gasteiger partial charge in [-0.1, -0.05) is 30.3 Å². The Balaban J connectivity index is 2.00.